The van der Waals surface area contributed by atoms with E-state index in [1.807, 2.05) is 43.3 Å². The van der Waals surface area contributed by atoms with Gasteiger partial charge in [0.2, 0.25) is 0 Å². The minimum absolute atomic E-state index is 0.0405. The maximum atomic E-state index is 11.5. The van der Waals surface area contributed by atoms with Gasteiger partial charge in [-0.1, -0.05) is 36.9 Å². The minimum atomic E-state index is -0.370. The van der Waals surface area contributed by atoms with E-state index < -0.39 is 0 Å². The highest BCUT2D eigenvalue weighted by molar-refractivity contribution is 6.00. The van der Waals surface area contributed by atoms with Crippen LogP contribution in [0.5, 0.6) is 0 Å². The number of hydrogen-bond donors (Lipinski definition) is 1. The highest BCUT2D eigenvalue weighted by Gasteiger charge is 2.23. The maximum Gasteiger partial charge on any atom is 0.302 e. The third-order valence-corrected chi connectivity index (χ3v) is 3.38. The molecule has 0 saturated heterocycles. The summed E-state index contributed by atoms with van der Waals surface area (Å²) >= 11 is 0. The Morgan fingerprint density at radius 2 is 1.95 bits per heavy atom. The summed E-state index contributed by atoms with van der Waals surface area (Å²) in [7, 11) is 0. The Hall–Kier alpha value is -2.95. The molecule has 0 amide bonds. The van der Waals surface area contributed by atoms with Crippen LogP contribution in [0.15, 0.2) is 49.0 Å². The van der Waals surface area contributed by atoms with Gasteiger partial charge in [-0.15, -0.1) is 0 Å². The highest BCUT2D eigenvalue weighted by atomic mass is 16.6. The van der Waals surface area contributed by atoms with Gasteiger partial charge in [-0.25, -0.2) is 0 Å². The van der Waals surface area contributed by atoms with Gasteiger partial charge >= 0.3 is 5.69 Å². The Bertz CT molecular complexity index is 851. The molecule has 1 aromatic heterocycles. The number of aromatic amines is 1. The van der Waals surface area contributed by atoms with Crippen LogP contribution in [0.25, 0.3) is 27.6 Å². The Balaban J connectivity index is 2.35. The summed E-state index contributed by atoms with van der Waals surface area (Å²) in [5, 5.41) is 19.2. The molecule has 3 rings (SSSR count). The zero-order valence-corrected chi connectivity index (χ0v) is 11.5. The first-order valence-corrected chi connectivity index (χ1v) is 6.46. The van der Waals surface area contributed by atoms with Crippen molar-refractivity contribution in [2.24, 2.45) is 0 Å². The summed E-state index contributed by atoms with van der Waals surface area (Å²) in [6, 6.07) is 12.9. The third-order valence-electron chi connectivity index (χ3n) is 3.38. The van der Waals surface area contributed by atoms with Crippen molar-refractivity contribution in [1.29, 1.82) is 0 Å². The molecule has 0 fully saturated rings. The molecule has 2 aromatic carbocycles. The van der Waals surface area contributed by atoms with Crippen LogP contribution in [-0.4, -0.2) is 15.1 Å². The third kappa shape index (κ3) is 2.08. The molecule has 0 aliphatic heterocycles. The van der Waals surface area contributed by atoms with Crippen LogP contribution >= 0.6 is 0 Å². The van der Waals surface area contributed by atoms with E-state index in [4.69, 9.17) is 0 Å². The number of nitrogens with zero attached hydrogens (tertiary/aromatic N) is 2. The molecule has 1 N–H and O–H groups in total. The Labute approximate surface area is 121 Å². The van der Waals surface area contributed by atoms with E-state index in [9.17, 15) is 10.1 Å². The summed E-state index contributed by atoms with van der Waals surface area (Å²) in [6.45, 7) is 5.68. The Kier molecular flexibility index (Phi) is 3.02. The van der Waals surface area contributed by atoms with Gasteiger partial charge in [-0.05, 0) is 30.2 Å². The molecular weight excluding hydrogens is 266 g/mol. The predicted molar refractivity (Wildman–Crippen MR) is 82.9 cm³/mol. The van der Waals surface area contributed by atoms with E-state index in [2.05, 4.69) is 16.8 Å². The molecule has 0 bridgehead atoms. The topological polar surface area (TPSA) is 71.8 Å². The van der Waals surface area contributed by atoms with Crippen molar-refractivity contribution in [1.82, 2.24) is 10.2 Å². The Morgan fingerprint density at radius 1 is 1.24 bits per heavy atom. The number of allylic oxidation sites excluding steroid dienone is 1. The van der Waals surface area contributed by atoms with Crippen molar-refractivity contribution in [2.75, 3.05) is 0 Å². The summed E-state index contributed by atoms with van der Waals surface area (Å²) < 4.78 is 0. The number of fused-ring (bicyclic) bond motifs is 1. The van der Waals surface area contributed by atoms with Crippen LogP contribution in [-0.2, 0) is 0 Å². The van der Waals surface area contributed by atoms with Crippen molar-refractivity contribution in [3.8, 4) is 11.1 Å². The lowest BCUT2D eigenvalue weighted by molar-refractivity contribution is -0.382. The minimum Gasteiger partial charge on any atom is -0.271 e. The molecule has 3 aromatic rings. The second kappa shape index (κ2) is 4.86. The second-order valence-electron chi connectivity index (χ2n) is 4.86. The normalized spacial score (nSPS) is 10.7. The summed E-state index contributed by atoms with van der Waals surface area (Å²) in [6.07, 6.45) is 0. The standard InChI is InChI=1S/C16H13N3O2/c1-10(2)14-13-9-8-12(11-6-4-3-5-7-11)16(19(20)21)15(13)18-17-14/h3-9H,1H2,2H3,(H,17,18). The summed E-state index contributed by atoms with van der Waals surface area (Å²) in [5.74, 6) is 0. The van der Waals surface area contributed by atoms with E-state index in [1.165, 1.54) is 0 Å². The Morgan fingerprint density at radius 3 is 2.57 bits per heavy atom. The number of nitro benzene ring substituents is 1. The molecule has 0 atom stereocenters. The van der Waals surface area contributed by atoms with E-state index >= 15 is 0 Å². The molecule has 5 heteroatoms. The van der Waals surface area contributed by atoms with Gasteiger partial charge in [0.1, 0.15) is 5.52 Å². The molecule has 0 aliphatic carbocycles. The van der Waals surface area contributed by atoms with E-state index in [-0.39, 0.29) is 10.6 Å². The smallest absolute Gasteiger partial charge is 0.271 e. The molecule has 0 saturated carbocycles. The number of nitrogens with one attached hydrogen (secondary N) is 1. The van der Waals surface area contributed by atoms with Crippen LogP contribution in [0.3, 0.4) is 0 Å². The lowest BCUT2D eigenvalue weighted by Crippen LogP contribution is -1.93. The van der Waals surface area contributed by atoms with Crippen molar-refractivity contribution in [3.05, 3.63) is 64.9 Å². The fourth-order valence-corrected chi connectivity index (χ4v) is 2.44. The largest absolute Gasteiger partial charge is 0.302 e. The van der Waals surface area contributed by atoms with Gasteiger partial charge in [-0.3, -0.25) is 15.2 Å². The fourth-order valence-electron chi connectivity index (χ4n) is 2.44. The van der Waals surface area contributed by atoms with Gasteiger partial charge in [-0.2, -0.15) is 5.10 Å². The number of H-pyrrole nitrogens is 1. The van der Waals surface area contributed by atoms with Crippen LogP contribution < -0.4 is 0 Å². The molecule has 1 heterocycles. The van der Waals surface area contributed by atoms with Crippen LogP contribution in [0.4, 0.5) is 5.69 Å². The lowest BCUT2D eigenvalue weighted by Gasteiger charge is -2.04. The van der Waals surface area contributed by atoms with Gasteiger partial charge in [0.25, 0.3) is 0 Å². The molecule has 0 aliphatic rings. The average Bonchev–Trinajstić information content (AvgIpc) is 2.90. The van der Waals surface area contributed by atoms with Crippen molar-refractivity contribution in [3.63, 3.8) is 0 Å². The zero-order valence-electron chi connectivity index (χ0n) is 11.5. The molecule has 5 nitrogen and oxygen atoms in total. The van der Waals surface area contributed by atoms with Crippen molar-refractivity contribution >= 4 is 22.2 Å². The van der Waals surface area contributed by atoms with E-state index in [1.54, 1.807) is 6.07 Å². The first kappa shape index (κ1) is 13.1. The first-order chi connectivity index (χ1) is 10.1. The zero-order chi connectivity index (χ0) is 15.0. The quantitative estimate of drug-likeness (QED) is 0.577. The first-order valence-electron chi connectivity index (χ1n) is 6.46. The number of hydrogen-bond acceptors (Lipinski definition) is 3. The predicted octanol–water partition coefficient (Wildman–Crippen LogP) is 4.17. The highest BCUT2D eigenvalue weighted by Crippen LogP contribution is 2.37. The molecule has 104 valence electrons. The van der Waals surface area contributed by atoms with Gasteiger partial charge in [0.15, 0.2) is 0 Å². The molecule has 0 unspecified atom stereocenters. The number of rotatable bonds is 3. The molecule has 0 radical (unpaired) electrons. The SMILES string of the molecule is C=C(C)c1n[nH]c2c([N+](=O)[O-])c(-c3ccccc3)ccc12. The summed E-state index contributed by atoms with van der Waals surface area (Å²) in [5.41, 5.74) is 3.27. The molecule has 21 heavy (non-hydrogen) atoms. The van der Waals surface area contributed by atoms with Crippen molar-refractivity contribution < 1.29 is 4.92 Å². The monoisotopic (exact) mass is 279 g/mol. The lowest BCUT2D eigenvalue weighted by atomic mass is 10.0. The molecular formula is C16H13N3O2. The van der Waals surface area contributed by atoms with Gasteiger partial charge < -0.3 is 0 Å². The molecule has 0 spiro atoms. The van der Waals surface area contributed by atoms with Crippen LogP contribution in [0, 0.1) is 10.1 Å². The van der Waals surface area contributed by atoms with E-state index in [0.29, 0.717) is 22.2 Å². The number of nitro groups is 1. The van der Waals surface area contributed by atoms with Gasteiger partial charge in [0, 0.05) is 5.39 Å². The average molecular weight is 279 g/mol. The second-order valence-corrected chi connectivity index (χ2v) is 4.86. The number of benzene rings is 2. The summed E-state index contributed by atoms with van der Waals surface area (Å²) in [4.78, 5) is 11.2. The van der Waals surface area contributed by atoms with Crippen molar-refractivity contribution in [2.45, 2.75) is 6.92 Å². The van der Waals surface area contributed by atoms with E-state index in [0.717, 1.165) is 11.1 Å². The maximum absolute atomic E-state index is 11.5. The fraction of sp³-hybridized carbons (Fsp3) is 0.0625. The van der Waals surface area contributed by atoms with Crippen LogP contribution in [0.2, 0.25) is 0 Å². The number of aromatic nitrogens is 2. The van der Waals surface area contributed by atoms with Gasteiger partial charge in [0.05, 0.1) is 16.2 Å². The van der Waals surface area contributed by atoms with Crippen LogP contribution in [0.1, 0.15) is 12.6 Å².